The van der Waals surface area contributed by atoms with Crippen LogP contribution >= 0.6 is 11.6 Å². The van der Waals surface area contributed by atoms with Gasteiger partial charge in [-0.25, -0.2) is 22.9 Å². The van der Waals surface area contributed by atoms with Crippen LogP contribution in [-0.4, -0.2) is 22.5 Å². The van der Waals surface area contributed by atoms with Gasteiger partial charge in [-0.1, -0.05) is 17.7 Å². The average molecular weight is 240 g/mol. The van der Waals surface area contributed by atoms with Crippen molar-refractivity contribution in [3.05, 3.63) is 28.5 Å². The fraction of sp³-hybridized carbons (Fsp3) is 0.250. The number of hydrogen-bond donors (Lipinski definition) is 1. The summed E-state index contributed by atoms with van der Waals surface area (Å²) in [4.78, 5) is 13.7. The van der Waals surface area contributed by atoms with E-state index in [9.17, 15) is 18.0 Å². The summed E-state index contributed by atoms with van der Waals surface area (Å²) in [6.45, 7) is 0. The maximum absolute atomic E-state index is 12.8. The van der Waals surface area contributed by atoms with Crippen LogP contribution in [0.5, 0.6) is 0 Å². The molecule has 15 heavy (non-hydrogen) atoms. The normalized spacial score (nSPS) is 12.9. The van der Waals surface area contributed by atoms with E-state index in [-0.39, 0.29) is 0 Å². The Morgan fingerprint density at radius 2 is 2.00 bits per heavy atom. The molecule has 1 unspecified atom stereocenters. The van der Waals surface area contributed by atoms with Crippen molar-refractivity contribution in [1.29, 1.82) is 0 Å². The van der Waals surface area contributed by atoms with Crippen LogP contribution in [-0.2, 0) is 0 Å². The van der Waals surface area contributed by atoms with Crippen LogP contribution in [0.15, 0.2) is 12.1 Å². The maximum atomic E-state index is 12.8. The van der Waals surface area contributed by atoms with E-state index < -0.39 is 35.0 Å². The van der Waals surface area contributed by atoms with Crippen LogP contribution in [0.3, 0.4) is 0 Å². The molecule has 0 aliphatic rings. The third-order valence-corrected chi connectivity index (χ3v) is 1.92. The van der Waals surface area contributed by atoms with E-state index in [4.69, 9.17) is 16.7 Å². The van der Waals surface area contributed by atoms with Crippen LogP contribution in [0.1, 0.15) is 22.2 Å². The smallest absolute Gasteiger partial charge is 0.354 e. The van der Waals surface area contributed by atoms with Crippen molar-refractivity contribution in [1.82, 2.24) is 4.98 Å². The van der Waals surface area contributed by atoms with Crippen LogP contribution in [0.25, 0.3) is 0 Å². The van der Waals surface area contributed by atoms with Crippen LogP contribution in [0.2, 0.25) is 5.15 Å². The first kappa shape index (κ1) is 11.8. The number of aromatic carboxylic acids is 1. The van der Waals surface area contributed by atoms with E-state index in [0.29, 0.717) is 0 Å². The predicted molar refractivity (Wildman–Crippen MR) is 46.1 cm³/mol. The quantitative estimate of drug-likeness (QED) is 0.825. The zero-order valence-electron chi connectivity index (χ0n) is 7.12. The molecule has 1 N–H and O–H groups in total. The van der Waals surface area contributed by atoms with Gasteiger partial charge in [0.25, 0.3) is 6.43 Å². The molecule has 82 valence electrons. The molecule has 0 saturated carbocycles. The molecule has 0 aliphatic carbocycles. The number of nitrogens with zero attached hydrogens (tertiary/aromatic N) is 1. The second-order valence-electron chi connectivity index (χ2n) is 2.62. The molecule has 0 saturated heterocycles. The van der Waals surface area contributed by atoms with Gasteiger partial charge in [0.05, 0.1) is 0 Å². The number of carboxylic acids is 1. The van der Waals surface area contributed by atoms with Gasteiger partial charge in [-0.15, -0.1) is 0 Å². The Balaban J connectivity index is 3.08. The Bertz CT molecular complexity index is 386. The molecule has 0 amide bonds. The number of alkyl halides is 3. The summed E-state index contributed by atoms with van der Waals surface area (Å²) in [6, 6.07) is 1.80. The first-order valence-electron chi connectivity index (χ1n) is 3.75. The molecule has 3 nitrogen and oxygen atoms in total. The monoisotopic (exact) mass is 239 g/mol. The zero-order valence-corrected chi connectivity index (χ0v) is 7.88. The lowest BCUT2D eigenvalue weighted by Gasteiger charge is -2.08. The highest BCUT2D eigenvalue weighted by molar-refractivity contribution is 6.30. The minimum Gasteiger partial charge on any atom is -0.477 e. The molecule has 0 fully saturated rings. The summed E-state index contributed by atoms with van der Waals surface area (Å²) in [6.07, 6.45) is -5.78. The Kier molecular flexibility index (Phi) is 3.52. The van der Waals surface area contributed by atoms with Gasteiger partial charge in [0, 0.05) is 5.56 Å². The van der Waals surface area contributed by atoms with E-state index in [0.717, 1.165) is 12.1 Å². The molecule has 0 aliphatic heterocycles. The largest absolute Gasteiger partial charge is 0.477 e. The maximum Gasteiger partial charge on any atom is 0.354 e. The summed E-state index contributed by atoms with van der Waals surface area (Å²) in [5.74, 6) is -1.36. The lowest BCUT2D eigenvalue weighted by Crippen LogP contribution is -2.07. The number of aromatic nitrogens is 1. The number of pyridine rings is 1. The van der Waals surface area contributed by atoms with Crippen molar-refractivity contribution in [2.45, 2.75) is 12.6 Å². The minimum atomic E-state index is -3.22. The molecule has 1 heterocycles. The van der Waals surface area contributed by atoms with Gasteiger partial charge in [0.15, 0.2) is 6.17 Å². The second-order valence-corrected chi connectivity index (χ2v) is 2.98. The third-order valence-electron chi connectivity index (χ3n) is 1.62. The van der Waals surface area contributed by atoms with Crippen LogP contribution < -0.4 is 0 Å². The predicted octanol–water partition coefficient (Wildman–Crippen LogP) is 2.71. The molecule has 1 aromatic rings. The molecule has 7 heteroatoms. The Hall–Kier alpha value is -1.30. The van der Waals surface area contributed by atoms with Gasteiger partial charge in [-0.2, -0.15) is 0 Å². The molecule has 1 aromatic heterocycles. The first-order valence-corrected chi connectivity index (χ1v) is 4.13. The Morgan fingerprint density at radius 1 is 1.40 bits per heavy atom. The minimum absolute atomic E-state index is 0.426. The highest BCUT2D eigenvalue weighted by Gasteiger charge is 2.25. The Labute approximate surface area is 87.5 Å². The fourth-order valence-electron chi connectivity index (χ4n) is 0.906. The van der Waals surface area contributed by atoms with Gasteiger partial charge in [-0.3, -0.25) is 0 Å². The molecular formula is C8H5ClF3NO2. The van der Waals surface area contributed by atoms with Crippen LogP contribution in [0.4, 0.5) is 13.2 Å². The standard InChI is InChI=1S/C8H5ClF3NO2/c9-6-3(5(10)7(11)12)1-2-4(13-6)8(14)15/h1-2,5,7H,(H,14,15). The molecule has 0 radical (unpaired) electrons. The summed E-state index contributed by atoms with van der Waals surface area (Å²) in [5, 5.41) is 7.92. The average Bonchev–Trinajstić information content (AvgIpc) is 2.16. The van der Waals surface area contributed by atoms with Gasteiger partial charge in [-0.05, 0) is 6.07 Å². The van der Waals surface area contributed by atoms with E-state index in [1.54, 1.807) is 0 Å². The van der Waals surface area contributed by atoms with Crippen molar-refractivity contribution in [2.75, 3.05) is 0 Å². The van der Waals surface area contributed by atoms with Gasteiger partial charge in [0.2, 0.25) is 0 Å². The fourth-order valence-corrected chi connectivity index (χ4v) is 1.16. The second kappa shape index (κ2) is 4.48. The van der Waals surface area contributed by atoms with Gasteiger partial charge in [0.1, 0.15) is 10.8 Å². The summed E-state index contributed by atoms with van der Waals surface area (Å²) in [7, 11) is 0. The summed E-state index contributed by atoms with van der Waals surface area (Å²) < 4.78 is 36.8. The van der Waals surface area contributed by atoms with E-state index in [1.165, 1.54) is 0 Å². The highest BCUT2D eigenvalue weighted by Crippen LogP contribution is 2.29. The van der Waals surface area contributed by atoms with E-state index in [2.05, 4.69) is 4.98 Å². The van der Waals surface area contributed by atoms with Gasteiger partial charge >= 0.3 is 5.97 Å². The number of hydrogen-bond acceptors (Lipinski definition) is 2. The first-order chi connectivity index (χ1) is 6.93. The molecular weight excluding hydrogens is 235 g/mol. The third kappa shape index (κ3) is 2.59. The summed E-state index contributed by atoms with van der Waals surface area (Å²) >= 11 is 5.36. The molecule has 1 atom stereocenters. The molecule has 0 spiro atoms. The van der Waals surface area contributed by atoms with E-state index >= 15 is 0 Å². The number of carboxylic acid groups (broad SMARTS) is 1. The SMILES string of the molecule is O=C(O)c1ccc(C(F)C(F)F)c(Cl)n1. The lowest BCUT2D eigenvalue weighted by atomic mass is 10.2. The number of rotatable bonds is 3. The van der Waals surface area contributed by atoms with Gasteiger partial charge < -0.3 is 5.11 Å². The molecule has 1 rings (SSSR count). The molecule has 0 bridgehead atoms. The van der Waals surface area contributed by atoms with Crippen molar-refractivity contribution in [3.63, 3.8) is 0 Å². The zero-order chi connectivity index (χ0) is 11.6. The number of carbonyl (C=O) groups is 1. The lowest BCUT2D eigenvalue weighted by molar-refractivity contribution is 0.0494. The van der Waals surface area contributed by atoms with Crippen molar-refractivity contribution in [2.24, 2.45) is 0 Å². The highest BCUT2D eigenvalue weighted by atomic mass is 35.5. The molecule has 0 aromatic carbocycles. The number of halogens is 4. The Morgan fingerprint density at radius 3 is 2.40 bits per heavy atom. The van der Waals surface area contributed by atoms with Crippen molar-refractivity contribution >= 4 is 17.6 Å². The summed E-state index contributed by atoms with van der Waals surface area (Å²) in [5.41, 5.74) is -0.943. The van der Waals surface area contributed by atoms with Crippen LogP contribution in [0, 0.1) is 0 Å². The van der Waals surface area contributed by atoms with Crippen molar-refractivity contribution < 1.29 is 23.1 Å². The topological polar surface area (TPSA) is 50.2 Å². The van der Waals surface area contributed by atoms with E-state index in [1.807, 2.05) is 0 Å². The van der Waals surface area contributed by atoms with Crippen molar-refractivity contribution in [3.8, 4) is 0 Å².